The van der Waals surface area contributed by atoms with Gasteiger partial charge in [0.1, 0.15) is 6.54 Å². The molecular weight excluding hydrogens is 260 g/mol. The number of likely N-dealkylation sites (N-methyl/N-ethyl adjacent to an activating group) is 1. The molecule has 0 heterocycles. The van der Waals surface area contributed by atoms with Gasteiger partial charge in [0, 0.05) is 13.6 Å². The molecule has 6 nitrogen and oxygen atoms in total. The minimum Gasteiger partial charge on any atom is -0.480 e. The third kappa shape index (κ3) is 4.10. The molecule has 0 atom stereocenters. The van der Waals surface area contributed by atoms with Crippen molar-refractivity contribution in [1.29, 1.82) is 0 Å². The van der Waals surface area contributed by atoms with Gasteiger partial charge in [-0.05, 0) is 31.6 Å². The second-order valence-corrected chi connectivity index (χ2v) is 6.29. The first-order chi connectivity index (χ1) is 9.39. The lowest BCUT2D eigenvalue weighted by Gasteiger charge is -2.32. The lowest BCUT2D eigenvalue weighted by Crippen LogP contribution is -2.49. The number of urea groups is 1. The molecule has 2 N–H and O–H groups in total. The fourth-order valence-corrected chi connectivity index (χ4v) is 2.93. The van der Waals surface area contributed by atoms with Crippen LogP contribution in [-0.2, 0) is 4.79 Å². The van der Waals surface area contributed by atoms with Crippen molar-refractivity contribution in [2.24, 2.45) is 5.92 Å². The van der Waals surface area contributed by atoms with Crippen molar-refractivity contribution in [3.63, 3.8) is 0 Å². The van der Waals surface area contributed by atoms with Crippen molar-refractivity contribution >= 4 is 12.0 Å². The predicted octanol–water partition coefficient (Wildman–Crippen LogP) is 1.14. The van der Waals surface area contributed by atoms with Crippen molar-refractivity contribution in [1.82, 2.24) is 9.80 Å². The molecule has 0 saturated heterocycles. The van der Waals surface area contributed by atoms with Crippen LogP contribution in [0.15, 0.2) is 0 Å². The van der Waals surface area contributed by atoms with Gasteiger partial charge in [0.05, 0.1) is 12.1 Å². The van der Waals surface area contributed by atoms with Crippen LogP contribution in [0.2, 0.25) is 0 Å². The predicted molar refractivity (Wildman–Crippen MR) is 73.4 cm³/mol. The first-order valence-corrected chi connectivity index (χ1v) is 7.34. The Hall–Kier alpha value is -1.30. The van der Waals surface area contributed by atoms with Crippen LogP contribution in [0.4, 0.5) is 4.79 Å². The number of carboxylic acid groups (broad SMARTS) is 1. The Bertz CT molecular complexity index is 375. The van der Waals surface area contributed by atoms with E-state index in [0.29, 0.717) is 25.3 Å². The van der Waals surface area contributed by atoms with Gasteiger partial charge in [-0.1, -0.05) is 12.8 Å². The molecule has 2 rings (SSSR count). The largest absolute Gasteiger partial charge is 0.480 e. The Labute approximate surface area is 119 Å². The normalized spacial score (nSPS) is 20.7. The van der Waals surface area contributed by atoms with E-state index in [1.807, 2.05) is 0 Å². The van der Waals surface area contributed by atoms with Gasteiger partial charge < -0.3 is 20.0 Å². The molecule has 0 aliphatic heterocycles. The Morgan fingerprint density at radius 2 is 1.85 bits per heavy atom. The Kier molecular flexibility index (Phi) is 4.52. The van der Waals surface area contributed by atoms with Crippen molar-refractivity contribution < 1.29 is 19.8 Å². The summed E-state index contributed by atoms with van der Waals surface area (Å²) in [6, 6.07) is -0.292. The summed E-state index contributed by atoms with van der Waals surface area (Å²) in [4.78, 5) is 26.1. The summed E-state index contributed by atoms with van der Waals surface area (Å²) in [7, 11) is 1.64. The van der Waals surface area contributed by atoms with Gasteiger partial charge in [-0.15, -0.1) is 0 Å². The van der Waals surface area contributed by atoms with E-state index in [0.717, 1.165) is 25.7 Å². The van der Waals surface area contributed by atoms with E-state index in [-0.39, 0.29) is 19.1 Å². The van der Waals surface area contributed by atoms with Crippen LogP contribution < -0.4 is 0 Å². The molecule has 2 aliphatic carbocycles. The Morgan fingerprint density at radius 3 is 2.35 bits per heavy atom. The number of carboxylic acids is 1. The molecule has 2 saturated carbocycles. The van der Waals surface area contributed by atoms with Crippen molar-refractivity contribution in [3.05, 3.63) is 0 Å². The molecule has 0 aromatic heterocycles. The highest BCUT2D eigenvalue weighted by Gasteiger charge is 2.35. The zero-order valence-corrected chi connectivity index (χ0v) is 12.0. The lowest BCUT2D eigenvalue weighted by molar-refractivity contribution is -0.137. The van der Waals surface area contributed by atoms with Crippen LogP contribution >= 0.6 is 0 Å². The number of aliphatic carboxylic acids is 1. The van der Waals surface area contributed by atoms with Gasteiger partial charge in [0.15, 0.2) is 0 Å². The maximum Gasteiger partial charge on any atom is 0.323 e. The third-order valence-electron chi connectivity index (χ3n) is 4.16. The van der Waals surface area contributed by atoms with Crippen LogP contribution in [0, 0.1) is 5.92 Å². The molecule has 114 valence electrons. The van der Waals surface area contributed by atoms with Crippen LogP contribution in [0.5, 0.6) is 0 Å². The number of carbonyl (C=O) groups excluding carboxylic acids is 1. The summed E-state index contributed by atoms with van der Waals surface area (Å²) in [5.74, 6) is -0.548. The summed E-state index contributed by atoms with van der Waals surface area (Å²) in [6.45, 7) is 0.526. The molecule has 2 amide bonds. The van der Waals surface area contributed by atoms with E-state index in [4.69, 9.17) is 5.11 Å². The van der Waals surface area contributed by atoms with Gasteiger partial charge in [0.25, 0.3) is 0 Å². The van der Waals surface area contributed by atoms with Gasteiger partial charge in [-0.25, -0.2) is 4.79 Å². The maximum absolute atomic E-state index is 12.3. The van der Waals surface area contributed by atoms with Crippen LogP contribution in [0.1, 0.15) is 38.5 Å². The SMILES string of the molecule is CN(CC1(O)CCCC1)C(=O)N(CC(=O)O)CC1CC1. The van der Waals surface area contributed by atoms with E-state index < -0.39 is 11.6 Å². The number of amides is 2. The van der Waals surface area contributed by atoms with Gasteiger partial charge in [-0.3, -0.25) is 4.79 Å². The van der Waals surface area contributed by atoms with E-state index >= 15 is 0 Å². The molecule has 0 aromatic rings. The lowest BCUT2D eigenvalue weighted by atomic mass is 10.0. The maximum atomic E-state index is 12.3. The molecule has 0 aromatic carbocycles. The van der Waals surface area contributed by atoms with Gasteiger partial charge >= 0.3 is 12.0 Å². The van der Waals surface area contributed by atoms with Crippen molar-refractivity contribution in [3.8, 4) is 0 Å². The molecule has 0 spiro atoms. The fraction of sp³-hybridized carbons (Fsp3) is 0.857. The average Bonchev–Trinajstić information content (AvgIpc) is 3.08. The first kappa shape index (κ1) is 15.1. The van der Waals surface area contributed by atoms with Crippen LogP contribution in [-0.4, -0.2) is 64.3 Å². The van der Waals surface area contributed by atoms with Crippen molar-refractivity contribution in [2.45, 2.75) is 44.1 Å². The highest BCUT2D eigenvalue weighted by atomic mass is 16.4. The number of hydrogen-bond donors (Lipinski definition) is 2. The quantitative estimate of drug-likeness (QED) is 0.766. The van der Waals surface area contributed by atoms with E-state index in [1.165, 1.54) is 9.80 Å². The molecule has 20 heavy (non-hydrogen) atoms. The topological polar surface area (TPSA) is 81.1 Å². The smallest absolute Gasteiger partial charge is 0.323 e. The fourth-order valence-electron chi connectivity index (χ4n) is 2.93. The minimum absolute atomic E-state index is 0.266. The number of aliphatic hydroxyl groups is 1. The van der Waals surface area contributed by atoms with E-state index in [9.17, 15) is 14.7 Å². The van der Waals surface area contributed by atoms with E-state index in [2.05, 4.69) is 0 Å². The standard InChI is InChI=1S/C14H24N2O4/c1-15(10-14(20)6-2-3-7-14)13(19)16(9-12(17)18)8-11-4-5-11/h11,20H,2-10H2,1H3,(H,17,18). The molecule has 6 heteroatoms. The van der Waals surface area contributed by atoms with Crippen LogP contribution in [0.3, 0.4) is 0 Å². The van der Waals surface area contributed by atoms with Gasteiger partial charge in [-0.2, -0.15) is 0 Å². The number of hydrogen-bond acceptors (Lipinski definition) is 3. The summed E-state index contributed by atoms with van der Waals surface area (Å²) in [6.07, 6.45) is 5.53. The van der Waals surface area contributed by atoms with Crippen molar-refractivity contribution in [2.75, 3.05) is 26.7 Å². The number of rotatable bonds is 6. The van der Waals surface area contributed by atoms with Gasteiger partial charge in [0.2, 0.25) is 0 Å². The van der Waals surface area contributed by atoms with E-state index in [1.54, 1.807) is 7.05 Å². The molecular formula is C14H24N2O4. The zero-order valence-electron chi connectivity index (χ0n) is 12.0. The highest BCUT2D eigenvalue weighted by Crippen LogP contribution is 2.31. The molecule has 2 aliphatic rings. The Balaban J connectivity index is 1.92. The molecule has 0 unspecified atom stereocenters. The Morgan fingerprint density at radius 1 is 1.25 bits per heavy atom. The second kappa shape index (κ2) is 5.99. The summed E-state index contributed by atoms with van der Waals surface area (Å²) in [5.41, 5.74) is -0.793. The second-order valence-electron chi connectivity index (χ2n) is 6.29. The average molecular weight is 284 g/mol. The number of nitrogens with zero attached hydrogens (tertiary/aromatic N) is 2. The third-order valence-corrected chi connectivity index (χ3v) is 4.16. The monoisotopic (exact) mass is 284 g/mol. The molecule has 0 radical (unpaired) electrons. The summed E-state index contributed by atoms with van der Waals surface area (Å²) >= 11 is 0. The first-order valence-electron chi connectivity index (χ1n) is 7.34. The zero-order chi connectivity index (χ0) is 14.8. The minimum atomic E-state index is -0.994. The summed E-state index contributed by atoms with van der Waals surface area (Å²) in [5, 5.41) is 19.3. The molecule has 2 fully saturated rings. The summed E-state index contributed by atoms with van der Waals surface area (Å²) < 4.78 is 0. The highest BCUT2D eigenvalue weighted by molar-refractivity contribution is 5.80. The van der Waals surface area contributed by atoms with Crippen LogP contribution in [0.25, 0.3) is 0 Å². The number of carbonyl (C=O) groups is 2. The molecule has 0 bridgehead atoms.